The first-order valence-corrected chi connectivity index (χ1v) is 8.20. The molecule has 122 valence electrons. The number of hydrogen-bond acceptors (Lipinski definition) is 2. The number of rotatable bonds is 7. The molecule has 0 saturated carbocycles. The summed E-state index contributed by atoms with van der Waals surface area (Å²) in [5, 5.41) is 0. The number of hydrogen-bond donors (Lipinski definition) is 0. The number of alkyl halides is 1. The largest absolute Gasteiger partial charge is 0.361 e. The van der Waals surface area contributed by atoms with Crippen LogP contribution in [0.15, 0.2) is 60.7 Å². The maximum absolute atomic E-state index is 13.2. The molecule has 2 aromatic carbocycles. The quantitative estimate of drug-likeness (QED) is 0.550. The van der Waals surface area contributed by atoms with Crippen LogP contribution in [0, 0.1) is 0 Å². The minimum Gasteiger partial charge on any atom is -0.361 e. The number of halogens is 1. The van der Waals surface area contributed by atoms with Gasteiger partial charge in [0.1, 0.15) is 11.6 Å². The Labute approximate surface area is 142 Å². The number of amides is 1. The Morgan fingerprint density at radius 3 is 2.13 bits per heavy atom. The van der Waals surface area contributed by atoms with E-state index in [-0.39, 0.29) is 12.6 Å². The second-order valence-electron chi connectivity index (χ2n) is 5.21. The highest BCUT2D eigenvalue weighted by atomic mass is 35.5. The van der Waals surface area contributed by atoms with Crippen molar-refractivity contribution < 1.29 is 9.53 Å². The molecule has 0 saturated heterocycles. The van der Waals surface area contributed by atoms with Gasteiger partial charge >= 0.3 is 0 Å². The Kier molecular flexibility index (Phi) is 6.20. The van der Waals surface area contributed by atoms with Gasteiger partial charge in [0, 0.05) is 12.3 Å². The molecule has 0 N–H and O–H groups in total. The van der Waals surface area contributed by atoms with Crippen LogP contribution >= 0.6 is 11.6 Å². The highest BCUT2D eigenvalue weighted by molar-refractivity contribution is 6.36. The Morgan fingerprint density at radius 1 is 1.04 bits per heavy atom. The summed E-state index contributed by atoms with van der Waals surface area (Å²) in [5.74, 6) is -0.174. The first-order valence-electron chi connectivity index (χ1n) is 7.82. The summed E-state index contributed by atoms with van der Waals surface area (Å²) in [6.45, 7) is 4.53. The summed E-state index contributed by atoms with van der Waals surface area (Å²) >= 11 is 6.78. The van der Waals surface area contributed by atoms with E-state index in [1.165, 1.54) is 0 Å². The average molecular weight is 332 g/mol. The van der Waals surface area contributed by atoms with Gasteiger partial charge in [0.05, 0.1) is 0 Å². The lowest BCUT2D eigenvalue weighted by atomic mass is 9.93. The number of anilines is 1. The van der Waals surface area contributed by atoms with Gasteiger partial charge < -0.3 is 4.74 Å². The number of carbonyl (C=O) groups is 1. The van der Waals surface area contributed by atoms with Gasteiger partial charge in [-0.1, -0.05) is 55.5 Å². The lowest BCUT2D eigenvalue weighted by molar-refractivity contribution is -0.122. The van der Waals surface area contributed by atoms with Crippen LogP contribution < -0.4 is 4.90 Å². The fourth-order valence-electron chi connectivity index (χ4n) is 2.44. The first kappa shape index (κ1) is 17.5. The van der Waals surface area contributed by atoms with E-state index in [1.54, 1.807) is 4.90 Å². The molecule has 0 bridgehead atoms. The molecule has 0 aliphatic heterocycles. The van der Waals surface area contributed by atoms with Gasteiger partial charge in [0.15, 0.2) is 0 Å². The molecular formula is C19H22ClNO2. The van der Waals surface area contributed by atoms with Crippen LogP contribution in [-0.4, -0.2) is 19.2 Å². The van der Waals surface area contributed by atoms with Crippen molar-refractivity contribution >= 4 is 23.2 Å². The molecule has 23 heavy (non-hydrogen) atoms. The molecule has 0 radical (unpaired) electrons. The van der Waals surface area contributed by atoms with Crippen molar-refractivity contribution in [2.45, 2.75) is 25.1 Å². The highest BCUT2D eigenvalue weighted by Gasteiger charge is 2.40. The smallest absolute Gasteiger partial charge is 0.254 e. The van der Waals surface area contributed by atoms with E-state index >= 15 is 0 Å². The maximum Gasteiger partial charge on any atom is 0.254 e. The van der Waals surface area contributed by atoms with Crippen LogP contribution in [0.2, 0.25) is 0 Å². The number of ether oxygens (including phenoxy) is 1. The van der Waals surface area contributed by atoms with Gasteiger partial charge in [0.2, 0.25) is 0 Å². The van der Waals surface area contributed by atoms with E-state index in [1.807, 2.05) is 74.5 Å². The topological polar surface area (TPSA) is 29.5 Å². The van der Waals surface area contributed by atoms with Crippen molar-refractivity contribution in [3.05, 3.63) is 66.2 Å². The zero-order valence-electron chi connectivity index (χ0n) is 13.5. The van der Waals surface area contributed by atoms with Crippen molar-refractivity contribution in [2.24, 2.45) is 0 Å². The predicted octanol–water partition coefficient (Wildman–Crippen LogP) is 4.56. The first-order chi connectivity index (χ1) is 11.1. The molecule has 2 aromatic rings. The lowest BCUT2D eigenvalue weighted by Crippen LogP contribution is -2.44. The van der Waals surface area contributed by atoms with Gasteiger partial charge in [-0.3, -0.25) is 9.69 Å². The van der Waals surface area contributed by atoms with Gasteiger partial charge in [-0.15, -0.1) is 11.6 Å². The van der Waals surface area contributed by atoms with Crippen LogP contribution in [-0.2, 0) is 14.4 Å². The fraction of sp³-hybridized carbons (Fsp3) is 0.316. The monoisotopic (exact) mass is 331 g/mol. The summed E-state index contributed by atoms with van der Waals surface area (Å²) in [6, 6.07) is 18.9. The number of benzene rings is 2. The molecule has 0 aliphatic carbocycles. The Hall–Kier alpha value is -1.84. The second kappa shape index (κ2) is 8.14. The standard InChI is InChI=1S/C19H22ClNO2/c1-3-19(20,16-11-7-5-8-12-16)18(22)21(15-23-4-2)17-13-9-6-10-14-17/h5-14H,3-4,15H2,1-2H3. The minimum atomic E-state index is -1.10. The zero-order valence-corrected chi connectivity index (χ0v) is 14.3. The van der Waals surface area contributed by atoms with Crippen LogP contribution in [0.5, 0.6) is 0 Å². The Morgan fingerprint density at radius 2 is 1.61 bits per heavy atom. The molecular weight excluding hydrogens is 310 g/mol. The molecule has 0 aromatic heterocycles. The number of nitrogens with zero attached hydrogens (tertiary/aromatic N) is 1. The van der Waals surface area contributed by atoms with E-state index < -0.39 is 4.87 Å². The van der Waals surface area contributed by atoms with E-state index in [0.29, 0.717) is 13.0 Å². The Balaban J connectivity index is 2.38. The predicted molar refractivity (Wildman–Crippen MR) is 94.7 cm³/mol. The summed E-state index contributed by atoms with van der Waals surface area (Å²) in [4.78, 5) is 13.7. The lowest BCUT2D eigenvalue weighted by Gasteiger charge is -2.32. The van der Waals surface area contributed by atoms with Gasteiger partial charge in [0.25, 0.3) is 5.91 Å². The van der Waals surface area contributed by atoms with E-state index in [4.69, 9.17) is 16.3 Å². The molecule has 3 nitrogen and oxygen atoms in total. The SMILES string of the molecule is CCOCN(C(=O)C(Cl)(CC)c1ccccc1)c1ccccc1. The molecule has 2 rings (SSSR count). The average Bonchev–Trinajstić information content (AvgIpc) is 2.62. The summed E-state index contributed by atoms with van der Waals surface area (Å²) in [7, 11) is 0. The van der Waals surface area contributed by atoms with Gasteiger partial charge in [-0.05, 0) is 31.0 Å². The third-order valence-electron chi connectivity index (χ3n) is 3.80. The molecule has 1 amide bonds. The van der Waals surface area contributed by atoms with Crippen LogP contribution in [0.25, 0.3) is 0 Å². The van der Waals surface area contributed by atoms with E-state index in [2.05, 4.69) is 0 Å². The van der Waals surface area contributed by atoms with Crippen LogP contribution in [0.4, 0.5) is 5.69 Å². The van der Waals surface area contributed by atoms with E-state index in [9.17, 15) is 4.79 Å². The molecule has 0 heterocycles. The molecule has 0 spiro atoms. The second-order valence-corrected chi connectivity index (χ2v) is 5.86. The third kappa shape index (κ3) is 3.92. The maximum atomic E-state index is 13.2. The number of para-hydroxylation sites is 1. The molecule has 0 fully saturated rings. The van der Waals surface area contributed by atoms with Crippen LogP contribution in [0.1, 0.15) is 25.8 Å². The number of carbonyl (C=O) groups excluding carboxylic acids is 1. The molecule has 1 unspecified atom stereocenters. The van der Waals surface area contributed by atoms with Crippen molar-refractivity contribution in [3.8, 4) is 0 Å². The van der Waals surface area contributed by atoms with Crippen molar-refractivity contribution in [1.82, 2.24) is 0 Å². The minimum absolute atomic E-state index is 0.174. The van der Waals surface area contributed by atoms with Gasteiger partial charge in [-0.2, -0.15) is 0 Å². The third-order valence-corrected chi connectivity index (χ3v) is 4.44. The summed E-state index contributed by atoms with van der Waals surface area (Å²) in [6.07, 6.45) is 0.493. The van der Waals surface area contributed by atoms with Gasteiger partial charge in [-0.25, -0.2) is 0 Å². The van der Waals surface area contributed by atoms with Crippen molar-refractivity contribution in [2.75, 3.05) is 18.2 Å². The fourth-order valence-corrected chi connectivity index (χ4v) is 2.66. The summed E-state index contributed by atoms with van der Waals surface area (Å²) < 4.78 is 5.49. The molecule has 0 aliphatic rings. The normalized spacial score (nSPS) is 13.3. The zero-order chi connectivity index (χ0) is 16.7. The molecule has 1 atom stereocenters. The van der Waals surface area contributed by atoms with Crippen molar-refractivity contribution in [1.29, 1.82) is 0 Å². The van der Waals surface area contributed by atoms with E-state index in [0.717, 1.165) is 11.3 Å². The Bertz CT molecular complexity index is 618. The van der Waals surface area contributed by atoms with Crippen molar-refractivity contribution in [3.63, 3.8) is 0 Å². The highest BCUT2D eigenvalue weighted by Crippen LogP contribution is 2.36. The van der Waals surface area contributed by atoms with Crippen LogP contribution in [0.3, 0.4) is 0 Å². The summed E-state index contributed by atoms with van der Waals surface area (Å²) in [5.41, 5.74) is 1.58. The molecule has 4 heteroatoms.